The number of carbonyl (C=O) groups excluding carboxylic acids is 2. The van der Waals surface area contributed by atoms with Gasteiger partial charge in [0.05, 0.1) is 25.1 Å². The van der Waals surface area contributed by atoms with Crippen LogP contribution < -0.4 is 10.6 Å². The molecular formula is C27H31N7O3. The van der Waals surface area contributed by atoms with Gasteiger partial charge >= 0.3 is 0 Å². The lowest BCUT2D eigenvalue weighted by atomic mass is 10.0. The van der Waals surface area contributed by atoms with E-state index in [0.717, 1.165) is 56.1 Å². The Morgan fingerprint density at radius 2 is 1.70 bits per heavy atom. The summed E-state index contributed by atoms with van der Waals surface area (Å²) < 4.78 is 5.46. The molecule has 10 nitrogen and oxygen atoms in total. The number of piperazine rings is 1. The zero-order valence-electron chi connectivity index (χ0n) is 21.0. The van der Waals surface area contributed by atoms with Crippen LogP contribution in [-0.2, 0) is 11.2 Å². The third-order valence-corrected chi connectivity index (χ3v) is 6.86. The van der Waals surface area contributed by atoms with E-state index in [4.69, 9.17) is 10.5 Å². The van der Waals surface area contributed by atoms with Crippen molar-refractivity contribution in [1.82, 2.24) is 24.8 Å². The Morgan fingerprint density at radius 3 is 2.43 bits per heavy atom. The Labute approximate surface area is 216 Å². The second kappa shape index (κ2) is 11.0. The van der Waals surface area contributed by atoms with Crippen LogP contribution in [0, 0.1) is 0 Å². The highest BCUT2D eigenvalue weighted by atomic mass is 16.5. The van der Waals surface area contributed by atoms with Crippen molar-refractivity contribution < 1.29 is 14.3 Å². The summed E-state index contributed by atoms with van der Waals surface area (Å²) >= 11 is 0. The van der Waals surface area contributed by atoms with Gasteiger partial charge in [0.15, 0.2) is 11.6 Å². The van der Waals surface area contributed by atoms with E-state index in [1.807, 2.05) is 23.1 Å². The molecule has 0 bridgehead atoms. The summed E-state index contributed by atoms with van der Waals surface area (Å²) in [4.78, 5) is 45.5. The van der Waals surface area contributed by atoms with Crippen molar-refractivity contribution >= 4 is 23.2 Å². The number of morpholine rings is 1. The van der Waals surface area contributed by atoms with Gasteiger partial charge in [-0.15, -0.1) is 0 Å². The van der Waals surface area contributed by atoms with Gasteiger partial charge in [-0.05, 0) is 25.2 Å². The average Bonchev–Trinajstić information content (AvgIpc) is 2.94. The fourth-order valence-corrected chi connectivity index (χ4v) is 4.64. The molecule has 5 rings (SSSR count). The van der Waals surface area contributed by atoms with Crippen LogP contribution in [0.3, 0.4) is 0 Å². The predicted octanol–water partition coefficient (Wildman–Crippen LogP) is 1.77. The number of nitrogen functional groups attached to an aromatic ring is 1. The van der Waals surface area contributed by atoms with Gasteiger partial charge < -0.3 is 25.2 Å². The van der Waals surface area contributed by atoms with Crippen molar-refractivity contribution in [2.75, 3.05) is 70.2 Å². The van der Waals surface area contributed by atoms with Crippen LogP contribution in [0.1, 0.15) is 26.4 Å². The van der Waals surface area contributed by atoms with Crippen LogP contribution in [0.4, 0.5) is 11.5 Å². The summed E-state index contributed by atoms with van der Waals surface area (Å²) in [6.45, 7) is 5.99. The normalized spacial score (nSPS) is 16.6. The number of ether oxygens (including phenoxy) is 1. The summed E-state index contributed by atoms with van der Waals surface area (Å²) in [7, 11) is 2.06. The number of amides is 1. The maximum Gasteiger partial charge on any atom is 0.253 e. The maximum atomic E-state index is 13.3. The number of likely N-dealkylation sites (N-methyl/N-ethyl adjacent to an activating group) is 1. The highest BCUT2D eigenvalue weighted by molar-refractivity contribution is 6.00. The van der Waals surface area contributed by atoms with E-state index in [0.29, 0.717) is 24.5 Å². The molecule has 2 aliphatic rings. The van der Waals surface area contributed by atoms with Crippen LogP contribution in [-0.4, -0.2) is 96.0 Å². The molecule has 2 fully saturated rings. The van der Waals surface area contributed by atoms with E-state index in [-0.39, 0.29) is 29.6 Å². The molecule has 2 aliphatic heterocycles. The summed E-state index contributed by atoms with van der Waals surface area (Å²) in [6.07, 6.45) is 5.10. The third-order valence-electron chi connectivity index (χ3n) is 6.86. The molecule has 0 saturated carbocycles. The molecule has 1 aromatic carbocycles. The molecular weight excluding hydrogens is 470 g/mol. The standard InChI is InChI=1S/C27H31N7O3/c1-32-8-10-34(11-9-32)27(36)20-4-2-19(3-5-20)22-18-30-26(28)25(31-22)24(35)16-21-17-29-7-6-23(21)33-12-14-37-15-13-33/h2-7,17-18H,8-16H2,1H3,(H2,28,30). The molecule has 2 aromatic heterocycles. The van der Waals surface area contributed by atoms with Gasteiger partial charge in [0.2, 0.25) is 0 Å². The van der Waals surface area contributed by atoms with Crippen molar-refractivity contribution in [3.05, 3.63) is 65.7 Å². The number of pyridine rings is 1. The van der Waals surface area contributed by atoms with Crippen LogP contribution in [0.25, 0.3) is 11.3 Å². The minimum atomic E-state index is -0.226. The molecule has 10 heteroatoms. The first-order chi connectivity index (χ1) is 18.0. The number of hydrogen-bond acceptors (Lipinski definition) is 9. The topological polar surface area (TPSA) is 118 Å². The number of anilines is 2. The number of nitrogens with zero attached hydrogens (tertiary/aromatic N) is 6. The Hall–Kier alpha value is -3.89. The largest absolute Gasteiger partial charge is 0.382 e. The number of hydrogen-bond donors (Lipinski definition) is 1. The second-order valence-electron chi connectivity index (χ2n) is 9.37. The van der Waals surface area contributed by atoms with E-state index < -0.39 is 0 Å². The molecule has 1 amide bonds. The lowest BCUT2D eigenvalue weighted by Gasteiger charge is -2.32. The summed E-state index contributed by atoms with van der Waals surface area (Å²) in [6, 6.07) is 9.16. The molecule has 0 unspecified atom stereocenters. The zero-order chi connectivity index (χ0) is 25.8. The van der Waals surface area contributed by atoms with Crippen LogP contribution >= 0.6 is 0 Å². The van der Waals surface area contributed by atoms with Crippen LogP contribution in [0.15, 0.2) is 48.9 Å². The van der Waals surface area contributed by atoms with Crippen LogP contribution in [0.5, 0.6) is 0 Å². The fourth-order valence-electron chi connectivity index (χ4n) is 4.64. The monoisotopic (exact) mass is 501 g/mol. The SMILES string of the molecule is CN1CCN(C(=O)c2ccc(-c3cnc(N)c(C(=O)Cc4cnccc4N4CCOCC4)n3)cc2)CC1. The highest BCUT2D eigenvalue weighted by Gasteiger charge is 2.22. The van der Waals surface area contributed by atoms with Gasteiger partial charge in [-0.2, -0.15) is 0 Å². The minimum Gasteiger partial charge on any atom is -0.382 e. The molecule has 3 aromatic rings. The van der Waals surface area contributed by atoms with Crippen molar-refractivity contribution in [2.45, 2.75) is 6.42 Å². The summed E-state index contributed by atoms with van der Waals surface area (Å²) in [5.41, 5.74) is 9.89. The van der Waals surface area contributed by atoms with Crippen molar-refractivity contribution in [1.29, 1.82) is 0 Å². The van der Waals surface area contributed by atoms with E-state index in [1.54, 1.807) is 30.7 Å². The van der Waals surface area contributed by atoms with Gasteiger partial charge in [0.1, 0.15) is 5.69 Å². The fraction of sp³-hybridized carbons (Fsp3) is 0.370. The smallest absolute Gasteiger partial charge is 0.253 e. The van der Waals surface area contributed by atoms with Gasteiger partial charge in [-0.3, -0.25) is 14.6 Å². The molecule has 192 valence electrons. The van der Waals surface area contributed by atoms with Gasteiger partial charge in [-0.25, -0.2) is 9.97 Å². The number of aromatic nitrogens is 3. The van der Waals surface area contributed by atoms with Crippen LogP contribution in [0.2, 0.25) is 0 Å². The first kappa shape index (κ1) is 24.8. The Kier molecular flexibility index (Phi) is 7.38. The Bertz CT molecular complexity index is 1270. The minimum absolute atomic E-state index is 0.0199. The molecule has 37 heavy (non-hydrogen) atoms. The van der Waals surface area contributed by atoms with Gasteiger partial charge in [0, 0.05) is 80.5 Å². The highest BCUT2D eigenvalue weighted by Crippen LogP contribution is 2.24. The molecule has 0 spiro atoms. The third kappa shape index (κ3) is 5.60. The summed E-state index contributed by atoms with van der Waals surface area (Å²) in [5.74, 6) is -0.116. The first-order valence-corrected chi connectivity index (χ1v) is 12.5. The van der Waals surface area contributed by atoms with Crippen molar-refractivity contribution in [3.63, 3.8) is 0 Å². The van der Waals surface area contributed by atoms with E-state index in [1.165, 1.54) is 0 Å². The van der Waals surface area contributed by atoms with E-state index in [2.05, 4.69) is 31.8 Å². The lowest BCUT2D eigenvalue weighted by Crippen LogP contribution is -2.47. The molecule has 0 radical (unpaired) electrons. The maximum absolute atomic E-state index is 13.3. The van der Waals surface area contributed by atoms with Crippen molar-refractivity contribution in [2.24, 2.45) is 0 Å². The number of Topliss-reactive ketones (excluding diaryl/α,β-unsaturated/α-hetero) is 1. The first-order valence-electron chi connectivity index (χ1n) is 12.5. The Balaban J connectivity index is 1.32. The molecule has 0 aliphatic carbocycles. The molecule has 0 atom stereocenters. The average molecular weight is 502 g/mol. The van der Waals surface area contributed by atoms with Gasteiger partial charge in [0.25, 0.3) is 5.91 Å². The lowest BCUT2D eigenvalue weighted by molar-refractivity contribution is 0.0664. The number of nitrogens with two attached hydrogens (primary N) is 1. The predicted molar refractivity (Wildman–Crippen MR) is 141 cm³/mol. The molecule has 2 N–H and O–H groups in total. The van der Waals surface area contributed by atoms with E-state index >= 15 is 0 Å². The zero-order valence-corrected chi connectivity index (χ0v) is 21.0. The number of ketones is 1. The number of rotatable bonds is 6. The number of carbonyl (C=O) groups is 2. The molecule has 2 saturated heterocycles. The van der Waals surface area contributed by atoms with E-state index in [9.17, 15) is 9.59 Å². The molecule has 4 heterocycles. The second-order valence-corrected chi connectivity index (χ2v) is 9.37. The summed E-state index contributed by atoms with van der Waals surface area (Å²) in [5, 5.41) is 0. The quantitative estimate of drug-likeness (QED) is 0.504. The van der Waals surface area contributed by atoms with Crippen molar-refractivity contribution in [3.8, 4) is 11.3 Å². The number of benzene rings is 1. The van der Waals surface area contributed by atoms with Gasteiger partial charge in [-0.1, -0.05) is 12.1 Å². The Morgan fingerprint density at radius 1 is 0.973 bits per heavy atom.